The smallest absolute Gasteiger partial charge is 0.673 e. The van der Waals surface area contributed by atoms with Crippen molar-refractivity contribution in [3.63, 3.8) is 0 Å². The summed E-state index contributed by atoms with van der Waals surface area (Å²) in [7, 11) is 1.08. The SMILES string of the molecule is CC(C)(C)[NH-].C[Si]C.[CH2-]c1ccccc1.[CH2-]c1ccccc1.[Ti+4].c1ccc2[cH-]ccc2c1. The molecule has 4 rings (SSSR count). The molecular formula is C29H37NSiTi. The molecule has 0 aromatic heterocycles. The van der Waals surface area contributed by atoms with Gasteiger partial charge in [-0.1, -0.05) is 52.1 Å². The van der Waals surface area contributed by atoms with Gasteiger partial charge in [-0.3, -0.25) is 0 Å². The Kier molecular flexibility index (Phi) is 19.6. The van der Waals surface area contributed by atoms with E-state index in [9.17, 15) is 0 Å². The van der Waals surface area contributed by atoms with E-state index in [1.54, 1.807) is 0 Å². The number of benzene rings is 3. The Hall–Kier alpha value is -2.10. The molecule has 166 valence electrons. The quantitative estimate of drug-likeness (QED) is 0.179. The van der Waals surface area contributed by atoms with Crippen molar-refractivity contribution in [1.82, 2.24) is 0 Å². The zero-order valence-corrected chi connectivity index (χ0v) is 22.8. The molecule has 4 aromatic rings. The maximum atomic E-state index is 6.94. The average Bonchev–Trinajstić information content (AvgIpc) is 3.18. The molecule has 0 spiro atoms. The van der Waals surface area contributed by atoms with Gasteiger partial charge in [0.2, 0.25) is 0 Å². The summed E-state index contributed by atoms with van der Waals surface area (Å²) >= 11 is 0. The molecule has 0 aliphatic rings. The standard InChI is InChI=1S/C9H7.2C7H7.C4H10N.C2H6Si.Ti/c1-2-5-9-7-3-6-8(9)4-1;2*1-7-5-3-2-4-6-7;1-4(2,3)5;1-3-2;/h1-7H;2*2-6H,1H2;5H,1-3H3;1-2H3;/q4*-1;;+4. The molecule has 1 nitrogen and oxygen atoms in total. The Labute approximate surface area is 214 Å². The van der Waals surface area contributed by atoms with E-state index >= 15 is 0 Å². The molecule has 2 radical (unpaired) electrons. The van der Waals surface area contributed by atoms with Crippen LogP contribution in [0.25, 0.3) is 16.5 Å². The molecule has 0 aliphatic carbocycles. The first kappa shape index (κ1) is 32.1. The van der Waals surface area contributed by atoms with Gasteiger partial charge in [-0.25, -0.2) is 0 Å². The minimum Gasteiger partial charge on any atom is -0.673 e. The molecule has 1 N–H and O–H groups in total. The van der Waals surface area contributed by atoms with Crippen molar-refractivity contribution in [2.45, 2.75) is 39.4 Å². The molecule has 0 amide bonds. The first-order valence-electron chi connectivity index (χ1n) is 10.3. The Bertz CT molecular complexity index is 823. The number of hydrogen-bond acceptors (Lipinski definition) is 0. The molecule has 0 fully saturated rings. The van der Waals surface area contributed by atoms with Gasteiger partial charge < -0.3 is 5.73 Å². The van der Waals surface area contributed by atoms with Crippen molar-refractivity contribution >= 4 is 20.3 Å². The molecule has 0 aliphatic heterocycles. The van der Waals surface area contributed by atoms with Crippen LogP contribution in [0.1, 0.15) is 31.9 Å². The summed E-state index contributed by atoms with van der Waals surface area (Å²) in [5.41, 5.74) is 8.83. The molecule has 3 heteroatoms. The summed E-state index contributed by atoms with van der Waals surface area (Å²) in [6.45, 7) is 17.3. The monoisotopic (exact) mass is 475 g/mol. The topological polar surface area (TPSA) is 23.8 Å². The molecule has 4 aromatic carbocycles. The first-order valence-corrected chi connectivity index (χ1v) is 12.3. The predicted octanol–water partition coefficient (Wildman–Crippen LogP) is 8.92. The minimum absolute atomic E-state index is 0. The van der Waals surface area contributed by atoms with Gasteiger partial charge in [0.25, 0.3) is 0 Å². The van der Waals surface area contributed by atoms with Crippen molar-refractivity contribution in [3.05, 3.63) is 134 Å². The van der Waals surface area contributed by atoms with Crippen molar-refractivity contribution in [1.29, 1.82) is 0 Å². The minimum atomic E-state index is -0.250. The third-order valence-electron chi connectivity index (χ3n) is 3.23. The van der Waals surface area contributed by atoms with E-state index < -0.39 is 0 Å². The maximum absolute atomic E-state index is 6.94. The summed E-state index contributed by atoms with van der Waals surface area (Å²) in [6, 6.07) is 34.4. The molecule has 0 bridgehead atoms. The third-order valence-corrected chi connectivity index (χ3v) is 3.23. The van der Waals surface area contributed by atoms with E-state index in [2.05, 4.69) is 69.4 Å². The van der Waals surface area contributed by atoms with Crippen LogP contribution in [0.15, 0.2) is 103 Å². The van der Waals surface area contributed by atoms with Gasteiger partial charge in [-0.05, 0) is 0 Å². The second kappa shape index (κ2) is 19.6. The van der Waals surface area contributed by atoms with Crippen molar-refractivity contribution in [2.75, 3.05) is 0 Å². The van der Waals surface area contributed by atoms with Gasteiger partial charge in [0.1, 0.15) is 0 Å². The Morgan fingerprint density at radius 3 is 1.34 bits per heavy atom. The first-order chi connectivity index (χ1) is 14.7. The van der Waals surface area contributed by atoms with Crippen LogP contribution in [0.3, 0.4) is 0 Å². The van der Waals surface area contributed by atoms with Gasteiger partial charge in [0.15, 0.2) is 0 Å². The number of fused-ring (bicyclic) bond motifs is 1. The van der Waals surface area contributed by atoms with Crippen LogP contribution >= 0.6 is 0 Å². The molecule has 0 atom stereocenters. The summed E-state index contributed by atoms with van der Waals surface area (Å²) in [5, 5.41) is 2.66. The Balaban J connectivity index is 0. The van der Waals surface area contributed by atoms with Gasteiger partial charge in [0.05, 0.1) is 0 Å². The fraction of sp³-hybridized carbons (Fsp3) is 0.207. The number of nitrogens with one attached hydrogen (secondary N) is 1. The van der Waals surface area contributed by atoms with E-state index in [0.29, 0.717) is 0 Å². The van der Waals surface area contributed by atoms with Gasteiger partial charge in [-0.2, -0.15) is 66.8 Å². The average molecular weight is 476 g/mol. The van der Waals surface area contributed by atoms with Crippen LogP contribution in [0, 0.1) is 13.8 Å². The van der Waals surface area contributed by atoms with Crippen LogP contribution in [0.4, 0.5) is 0 Å². The van der Waals surface area contributed by atoms with E-state index in [1.807, 2.05) is 81.4 Å². The van der Waals surface area contributed by atoms with Crippen LogP contribution < -0.4 is 0 Å². The molecule has 32 heavy (non-hydrogen) atoms. The molecule has 0 heterocycles. The predicted molar refractivity (Wildman–Crippen MR) is 143 cm³/mol. The van der Waals surface area contributed by atoms with E-state index in [0.717, 1.165) is 20.6 Å². The number of hydrogen-bond donors (Lipinski definition) is 0. The zero-order valence-electron chi connectivity index (χ0n) is 20.2. The summed E-state index contributed by atoms with van der Waals surface area (Å²) in [4.78, 5) is 0. The molecule has 0 unspecified atom stereocenters. The third kappa shape index (κ3) is 21.1. The maximum Gasteiger partial charge on any atom is 4.00 e. The fourth-order valence-electron chi connectivity index (χ4n) is 2.03. The van der Waals surface area contributed by atoms with E-state index in [1.165, 1.54) is 10.8 Å². The number of rotatable bonds is 0. The zero-order chi connectivity index (χ0) is 23.5. The summed E-state index contributed by atoms with van der Waals surface area (Å²) < 4.78 is 0. The van der Waals surface area contributed by atoms with Gasteiger partial charge in [-0.15, -0.1) is 59.5 Å². The normalized spacial score (nSPS) is 9.06. The van der Waals surface area contributed by atoms with E-state index in [-0.39, 0.29) is 27.3 Å². The van der Waals surface area contributed by atoms with Crippen molar-refractivity contribution in [2.24, 2.45) is 0 Å². The van der Waals surface area contributed by atoms with Gasteiger partial charge in [0, 0.05) is 9.52 Å². The van der Waals surface area contributed by atoms with Gasteiger partial charge >= 0.3 is 21.7 Å². The largest absolute Gasteiger partial charge is 4.00 e. The second-order valence-electron chi connectivity index (χ2n) is 7.88. The molecule has 0 saturated heterocycles. The Morgan fingerprint density at radius 1 is 0.688 bits per heavy atom. The summed E-state index contributed by atoms with van der Waals surface area (Å²) in [6.07, 6.45) is 0. The van der Waals surface area contributed by atoms with E-state index in [4.69, 9.17) is 5.73 Å². The molecule has 0 saturated carbocycles. The Morgan fingerprint density at radius 2 is 1.03 bits per heavy atom. The van der Waals surface area contributed by atoms with Crippen LogP contribution in [0.5, 0.6) is 0 Å². The summed E-state index contributed by atoms with van der Waals surface area (Å²) in [5.74, 6) is 0. The fourth-order valence-corrected chi connectivity index (χ4v) is 2.03. The van der Waals surface area contributed by atoms with Crippen molar-refractivity contribution in [3.8, 4) is 0 Å². The second-order valence-corrected chi connectivity index (χ2v) is 8.88. The molecular weight excluding hydrogens is 438 g/mol. The van der Waals surface area contributed by atoms with Crippen LogP contribution in [0.2, 0.25) is 13.1 Å². The van der Waals surface area contributed by atoms with Crippen molar-refractivity contribution < 1.29 is 21.7 Å². The van der Waals surface area contributed by atoms with Crippen LogP contribution in [-0.4, -0.2) is 15.1 Å². The van der Waals surface area contributed by atoms with Crippen LogP contribution in [-0.2, 0) is 21.7 Å².